The number of fused-ring (bicyclic) bond motifs is 1. The van der Waals surface area contributed by atoms with Gasteiger partial charge in [0.2, 0.25) is 0 Å². The molecule has 2 aromatic rings. The third-order valence-corrected chi connectivity index (χ3v) is 3.55. The van der Waals surface area contributed by atoms with Gasteiger partial charge in [-0.1, -0.05) is 0 Å². The molecule has 1 saturated heterocycles. The molecule has 0 bridgehead atoms. The van der Waals surface area contributed by atoms with Gasteiger partial charge in [0, 0.05) is 0 Å². The topological polar surface area (TPSA) is 156 Å². The molecule has 0 amide bonds. The second-order valence-corrected chi connectivity index (χ2v) is 4.69. The first kappa shape index (κ1) is 15.1. The minimum Gasteiger partial charge on any atom is -0.369 e. The van der Waals surface area contributed by atoms with Crippen LogP contribution < -0.4 is 11.9 Å². The van der Waals surface area contributed by atoms with Gasteiger partial charge in [-0.25, -0.2) is 0 Å². The van der Waals surface area contributed by atoms with E-state index in [0.29, 0.717) is 16.5 Å². The zero-order valence-electron chi connectivity index (χ0n) is 10.7. The number of hydrogen-bond donors (Lipinski definition) is 4. The van der Waals surface area contributed by atoms with E-state index in [2.05, 4.69) is 30.7 Å². The monoisotopic (exact) mass is 327 g/mol. The van der Waals surface area contributed by atoms with E-state index in [1.54, 1.807) is 0 Å². The molecule has 20 heavy (non-hydrogen) atoms. The van der Waals surface area contributed by atoms with E-state index in [1.165, 1.54) is 17.2 Å². The van der Waals surface area contributed by atoms with Crippen molar-refractivity contribution in [3.05, 3.63) is 12.7 Å². The third kappa shape index (κ3) is 2.15. The van der Waals surface area contributed by atoms with Crippen molar-refractivity contribution in [1.29, 1.82) is 0 Å². The number of nitrogens with zero attached hydrogens (tertiary/aromatic N) is 4. The van der Waals surface area contributed by atoms with Crippen molar-refractivity contribution in [1.82, 2.24) is 25.7 Å². The first-order chi connectivity index (χ1) is 9.13. The Hall–Kier alpha value is -1.30. The maximum absolute atomic E-state index is 10.0. The van der Waals surface area contributed by atoms with Crippen LogP contribution in [0.5, 0.6) is 0 Å². The summed E-state index contributed by atoms with van der Waals surface area (Å²) in [5.74, 6) is 0.252. The third-order valence-electron chi connectivity index (χ3n) is 3.13. The minimum absolute atomic E-state index is 0. The molecule has 4 atom stereocenters. The van der Waals surface area contributed by atoms with Gasteiger partial charge in [0.15, 0.2) is 0 Å². The first-order valence-corrected chi connectivity index (χ1v) is 6.34. The van der Waals surface area contributed by atoms with Crippen molar-refractivity contribution in [2.75, 3.05) is 5.73 Å². The summed E-state index contributed by atoms with van der Waals surface area (Å²) in [4.78, 5) is 12.0. The molecule has 8 N–H and O–H groups in total. The second kappa shape index (κ2) is 5.59. The second-order valence-electron chi connectivity index (χ2n) is 4.27. The van der Waals surface area contributed by atoms with Gasteiger partial charge in [-0.3, -0.25) is 0 Å². The molecule has 111 valence electrons. The number of rotatable bonds is 2. The number of hydrogen-bond acceptors (Lipinski definition) is 7. The number of nitrogens with two attached hydrogens (primary N) is 1. The van der Waals surface area contributed by atoms with Crippen LogP contribution in [0.3, 0.4) is 0 Å². The fraction of sp³-hybridized carbons (Fsp3) is 0.500. The molecule has 0 radical (unpaired) electrons. The van der Waals surface area contributed by atoms with Crippen LogP contribution in [0.2, 0.25) is 5.36 Å². The van der Waals surface area contributed by atoms with E-state index in [4.69, 9.17) is 10.5 Å². The van der Waals surface area contributed by atoms with Gasteiger partial charge in [-0.2, -0.15) is 0 Å². The summed E-state index contributed by atoms with van der Waals surface area (Å²) in [6, 6.07) is 0. The van der Waals surface area contributed by atoms with Gasteiger partial charge in [0.05, 0.1) is 0 Å². The SMILES string of the molecule is Nc1ncnc2c1ncn2[C@@H]1O[C@H]([CH2][Co+])[C@@H](O)[C@H]1O.[NH4+]. The maximum atomic E-state index is 10.0. The predicted octanol–water partition coefficient (Wildman–Crippen LogP) is -0.631. The molecule has 1 aliphatic rings. The Morgan fingerprint density at radius 1 is 1.30 bits per heavy atom. The molecule has 0 aliphatic carbocycles. The zero-order valence-corrected chi connectivity index (χ0v) is 11.7. The standard InChI is InChI=1S/C10H12N5O3.Co.H3N/c1-4-6(16)7(17)10(18-4)15-3-14-5-8(11)12-2-13-9(5)15;;/h2-4,6-7,10,16-17H,1H2,(H2,11,12,13);;1H3/q;+1;/p+1/t4-,6-,7-,10-;;/m1../s1. The Balaban J connectivity index is 0.00000147. The van der Waals surface area contributed by atoms with Crippen LogP contribution in [0.25, 0.3) is 11.2 Å². The van der Waals surface area contributed by atoms with E-state index in [-0.39, 0.29) is 12.0 Å². The van der Waals surface area contributed by atoms with Crippen LogP contribution in [0.1, 0.15) is 6.23 Å². The largest absolute Gasteiger partial charge is 0.369 e. The maximum Gasteiger partial charge on any atom is -0.369 e. The number of quaternary nitrogens is 1. The Morgan fingerprint density at radius 3 is 2.70 bits per heavy atom. The summed E-state index contributed by atoms with van der Waals surface area (Å²) in [5.41, 5.74) is 6.57. The summed E-state index contributed by atoms with van der Waals surface area (Å²) in [5, 5.41) is 20.2. The molecule has 2 aromatic heterocycles. The zero-order chi connectivity index (χ0) is 13.6. The molecule has 0 saturated carbocycles. The van der Waals surface area contributed by atoms with Gasteiger partial charge in [0.1, 0.15) is 0 Å². The van der Waals surface area contributed by atoms with Crippen molar-refractivity contribution in [3.8, 4) is 0 Å². The Labute approximate surface area is 122 Å². The Bertz CT molecular complexity index is 608. The molecule has 3 rings (SSSR count). The van der Waals surface area contributed by atoms with Gasteiger partial charge in [-0.15, -0.1) is 0 Å². The summed E-state index contributed by atoms with van der Waals surface area (Å²) in [6.45, 7) is 0. The summed E-state index contributed by atoms with van der Waals surface area (Å²) in [6.07, 6.45) is -0.635. The minimum atomic E-state index is -1.08. The quantitative estimate of drug-likeness (QED) is 0.572. The van der Waals surface area contributed by atoms with Crippen LogP contribution in [-0.4, -0.2) is 48.0 Å². The normalized spacial score (nSPS) is 29.6. The number of imidazole rings is 1. The number of aromatic nitrogens is 4. The summed E-state index contributed by atoms with van der Waals surface area (Å²) < 4.78 is 7.10. The van der Waals surface area contributed by atoms with Crippen molar-refractivity contribution < 1.29 is 30.7 Å². The van der Waals surface area contributed by atoms with Crippen LogP contribution in [0, 0.1) is 0 Å². The van der Waals surface area contributed by atoms with E-state index < -0.39 is 24.5 Å². The molecule has 9 nitrogen and oxygen atoms in total. The smallest absolute Gasteiger partial charge is 0.369 e. The number of nitrogen functional groups attached to an aromatic ring is 1. The van der Waals surface area contributed by atoms with Crippen LogP contribution in [0.4, 0.5) is 5.82 Å². The Kier molecular flexibility index (Phi) is 4.22. The van der Waals surface area contributed by atoms with E-state index in [0.717, 1.165) is 0 Å². The van der Waals surface area contributed by atoms with Gasteiger partial charge >= 0.3 is 115 Å². The van der Waals surface area contributed by atoms with Gasteiger partial charge in [0.25, 0.3) is 0 Å². The van der Waals surface area contributed by atoms with Crippen molar-refractivity contribution >= 4 is 17.0 Å². The average molecular weight is 327 g/mol. The van der Waals surface area contributed by atoms with E-state index >= 15 is 0 Å². The molecule has 10 heteroatoms. The van der Waals surface area contributed by atoms with Crippen molar-refractivity contribution in [2.24, 2.45) is 0 Å². The fourth-order valence-electron chi connectivity index (χ4n) is 2.13. The molecule has 0 spiro atoms. The first-order valence-electron chi connectivity index (χ1n) is 5.61. The van der Waals surface area contributed by atoms with Crippen molar-refractivity contribution in [2.45, 2.75) is 29.9 Å². The molecule has 0 aromatic carbocycles. The molecule has 0 unspecified atom stereocenters. The molecular formula is C10H16CoN6O3+2. The molecule has 1 aliphatic heterocycles. The number of anilines is 1. The summed E-state index contributed by atoms with van der Waals surface area (Å²) >= 11 is 4.13. The summed E-state index contributed by atoms with van der Waals surface area (Å²) in [7, 11) is 0. The van der Waals surface area contributed by atoms with E-state index in [9.17, 15) is 10.2 Å². The van der Waals surface area contributed by atoms with Crippen LogP contribution >= 0.6 is 0 Å². The van der Waals surface area contributed by atoms with E-state index in [1.807, 2.05) is 0 Å². The average Bonchev–Trinajstić information content (AvgIpc) is 2.94. The van der Waals surface area contributed by atoms with Crippen LogP contribution in [0.15, 0.2) is 12.7 Å². The number of ether oxygens (including phenoxy) is 1. The predicted molar refractivity (Wildman–Crippen MR) is 66.5 cm³/mol. The van der Waals surface area contributed by atoms with Gasteiger partial charge < -0.3 is 6.15 Å². The Morgan fingerprint density at radius 2 is 2.05 bits per heavy atom. The molecule has 3 heterocycles. The van der Waals surface area contributed by atoms with Gasteiger partial charge in [-0.05, 0) is 0 Å². The molecular weight excluding hydrogens is 311 g/mol. The fourth-order valence-corrected chi connectivity index (χ4v) is 2.48. The number of aliphatic hydroxyl groups excluding tert-OH is 2. The van der Waals surface area contributed by atoms with Crippen molar-refractivity contribution in [3.63, 3.8) is 0 Å². The molecule has 1 fully saturated rings. The van der Waals surface area contributed by atoms with Crippen LogP contribution in [-0.2, 0) is 20.5 Å². The number of aliphatic hydroxyl groups is 2.